The van der Waals surface area contributed by atoms with Crippen LogP contribution < -0.4 is 16.8 Å². The number of amides is 5. The molecule has 0 spiro atoms. The number of carbonyl (C=O) groups is 5. The van der Waals surface area contributed by atoms with Crippen LogP contribution >= 0.6 is 11.6 Å². The van der Waals surface area contributed by atoms with Crippen LogP contribution in [0.1, 0.15) is 50.2 Å². The summed E-state index contributed by atoms with van der Waals surface area (Å²) < 4.78 is 14.6. The molecule has 3 aliphatic heterocycles. The molecule has 0 aliphatic carbocycles. The Morgan fingerprint density at radius 1 is 1.11 bits per heavy atom. The standard InChI is InChI=1S/C21H20ClFN8O5/c22-10-5-8(1-2-11(10)23)19(34)26-12-3-4-29-15(12)21(36)30-7-9(6-13(30)20(29)35)31-16(18(25)33)14(17(24)32)27-28-31/h1-2,5,9,12-13,15H,3-4,6-7H2,(H2,24,32)(H2,25,33)(H,26,34). The number of nitrogens with two attached hydrogens (primary N) is 2. The van der Waals surface area contributed by atoms with E-state index in [1.54, 1.807) is 0 Å². The lowest BCUT2D eigenvalue weighted by atomic mass is 10.0. The number of hydrogen-bond donors (Lipinski definition) is 3. The Morgan fingerprint density at radius 3 is 2.53 bits per heavy atom. The van der Waals surface area contributed by atoms with Gasteiger partial charge in [-0.3, -0.25) is 24.0 Å². The van der Waals surface area contributed by atoms with Crippen LogP contribution in [0.25, 0.3) is 0 Å². The minimum atomic E-state index is -0.986. The minimum Gasteiger partial charge on any atom is -0.364 e. The Morgan fingerprint density at radius 2 is 1.86 bits per heavy atom. The van der Waals surface area contributed by atoms with Crippen molar-refractivity contribution in [3.63, 3.8) is 0 Å². The normalized spacial score (nSPS) is 25.1. The van der Waals surface area contributed by atoms with Gasteiger partial charge in [-0.25, -0.2) is 9.07 Å². The second kappa shape index (κ2) is 8.55. The maximum atomic E-state index is 13.5. The van der Waals surface area contributed by atoms with Gasteiger partial charge in [-0.15, -0.1) is 5.10 Å². The number of piperazine rings is 1. The van der Waals surface area contributed by atoms with Crippen LogP contribution in [0.2, 0.25) is 5.02 Å². The molecule has 1 aromatic carbocycles. The van der Waals surface area contributed by atoms with E-state index in [2.05, 4.69) is 15.6 Å². The van der Waals surface area contributed by atoms with Crippen molar-refractivity contribution in [1.82, 2.24) is 30.1 Å². The van der Waals surface area contributed by atoms with E-state index < -0.39 is 53.4 Å². The molecule has 36 heavy (non-hydrogen) atoms. The van der Waals surface area contributed by atoms with Gasteiger partial charge in [0.15, 0.2) is 11.4 Å². The van der Waals surface area contributed by atoms with E-state index in [0.29, 0.717) is 6.42 Å². The maximum absolute atomic E-state index is 13.5. The Kier molecular flexibility index (Phi) is 5.62. The van der Waals surface area contributed by atoms with Crippen molar-refractivity contribution in [1.29, 1.82) is 0 Å². The molecule has 3 saturated heterocycles. The number of primary amides is 2. The number of nitrogens with zero attached hydrogens (tertiary/aromatic N) is 5. The molecule has 0 radical (unpaired) electrons. The smallest absolute Gasteiger partial charge is 0.271 e. The monoisotopic (exact) mass is 518 g/mol. The van der Waals surface area contributed by atoms with Gasteiger partial charge < -0.3 is 26.6 Å². The summed E-state index contributed by atoms with van der Waals surface area (Å²) in [5.41, 5.74) is 10.1. The van der Waals surface area contributed by atoms with E-state index in [0.717, 1.165) is 10.7 Å². The van der Waals surface area contributed by atoms with Gasteiger partial charge >= 0.3 is 0 Å². The van der Waals surface area contributed by atoms with Gasteiger partial charge in [-0.2, -0.15) is 0 Å². The summed E-state index contributed by atoms with van der Waals surface area (Å²) in [5, 5.41) is 10.0. The highest BCUT2D eigenvalue weighted by Crippen LogP contribution is 2.37. The third kappa shape index (κ3) is 3.64. The fourth-order valence-electron chi connectivity index (χ4n) is 5.16. The van der Waals surface area contributed by atoms with E-state index in [9.17, 15) is 28.4 Å². The minimum absolute atomic E-state index is 0.00958. The van der Waals surface area contributed by atoms with Gasteiger partial charge in [-0.1, -0.05) is 16.8 Å². The zero-order chi connectivity index (χ0) is 25.9. The SMILES string of the molecule is NC(=O)c1nnn(C2CC3C(=O)N4CCC(NC(=O)c5ccc(F)c(Cl)c5)C4C(=O)N3C2)c1C(N)=O. The summed E-state index contributed by atoms with van der Waals surface area (Å²) in [7, 11) is 0. The number of benzene rings is 1. The van der Waals surface area contributed by atoms with E-state index in [1.165, 1.54) is 21.9 Å². The van der Waals surface area contributed by atoms with Crippen molar-refractivity contribution in [3.8, 4) is 0 Å². The van der Waals surface area contributed by atoms with Crippen LogP contribution in [0.3, 0.4) is 0 Å². The van der Waals surface area contributed by atoms with Crippen LogP contribution in [0, 0.1) is 5.82 Å². The largest absolute Gasteiger partial charge is 0.364 e. The first-order valence-electron chi connectivity index (χ1n) is 11.0. The molecule has 13 nitrogen and oxygen atoms in total. The zero-order valence-corrected chi connectivity index (χ0v) is 19.3. The highest BCUT2D eigenvalue weighted by Gasteiger charge is 2.55. The van der Waals surface area contributed by atoms with Gasteiger partial charge in [0, 0.05) is 25.1 Å². The highest BCUT2D eigenvalue weighted by molar-refractivity contribution is 6.31. The van der Waals surface area contributed by atoms with Crippen molar-refractivity contribution in [2.45, 2.75) is 37.0 Å². The van der Waals surface area contributed by atoms with Crippen molar-refractivity contribution in [2.24, 2.45) is 11.5 Å². The quantitative estimate of drug-likeness (QED) is 0.444. The third-order valence-electron chi connectivity index (χ3n) is 6.79. The molecule has 4 atom stereocenters. The number of rotatable bonds is 5. The number of nitrogens with one attached hydrogen (secondary N) is 1. The summed E-state index contributed by atoms with van der Waals surface area (Å²) in [4.78, 5) is 65.9. The van der Waals surface area contributed by atoms with Crippen LogP contribution in [0.15, 0.2) is 18.2 Å². The lowest BCUT2D eigenvalue weighted by molar-refractivity contribution is -0.157. The number of aromatic nitrogens is 3. The molecule has 3 aliphatic rings. The van der Waals surface area contributed by atoms with Crippen LogP contribution in [-0.4, -0.2) is 85.5 Å². The van der Waals surface area contributed by atoms with Gasteiger partial charge in [0.2, 0.25) is 11.8 Å². The average molecular weight is 519 g/mol. The predicted molar refractivity (Wildman–Crippen MR) is 119 cm³/mol. The molecule has 2 aromatic rings. The first-order valence-corrected chi connectivity index (χ1v) is 11.4. The van der Waals surface area contributed by atoms with Crippen molar-refractivity contribution in [3.05, 3.63) is 46.0 Å². The third-order valence-corrected chi connectivity index (χ3v) is 7.08. The number of halogens is 2. The maximum Gasteiger partial charge on any atom is 0.271 e. The molecule has 188 valence electrons. The van der Waals surface area contributed by atoms with Gasteiger partial charge in [-0.05, 0) is 24.6 Å². The number of carbonyl (C=O) groups excluding carboxylic acids is 5. The molecule has 0 saturated carbocycles. The molecule has 3 fully saturated rings. The molecule has 4 heterocycles. The molecule has 4 unspecified atom stereocenters. The molecule has 5 amide bonds. The first kappa shape index (κ1) is 23.7. The molecular weight excluding hydrogens is 499 g/mol. The van der Waals surface area contributed by atoms with E-state index in [-0.39, 0.29) is 47.6 Å². The fraction of sp³-hybridized carbons (Fsp3) is 0.381. The Labute approximate surface area is 207 Å². The summed E-state index contributed by atoms with van der Waals surface area (Å²) in [5.74, 6) is -3.87. The molecular formula is C21H20ClFN8O5. The summed E-state index contributed by atoms with van der Waals surface area (Å²) in [6.45, 7) is 0.261. The zero-order valence-electron chi connectivity index (χ0n) is 18.6. The van der Waals surface area contributed by atoms with Gasteiger partial charge in [0.05, 0.1) is 17.1 Å². The van der Waals surface area contributed by atoms with Crippen LogP contribution in [0.5, 0.6) is 0 Å². The Hall–Kier alpha value is -4.07. The second-order valence-corrected chi connectivity index (χ2v) is 9.24. The second-order valence-electron chi connectivity index (χ2n) is 8.83. The van der Waals surface area contributed by atoms with Crippen LogP contribution in [-0.2, 0) is 9.59 Å². The van der Waals surface area contributed by atoms with Crippen molar-refractivity contribution in [2.75, 3.05) is 13.1 Å². The highest BCUT2D eigenvalue weighted by atomic mass is 35.5. The molecule has 5 rings (SSSR count). The summed E-state index contributed by atoms with van der Waals surface area (Å²) in [6, 6.07) is 0.449. The lowest BCUT2D eigenvalue weighted by Gasteiger charge is -2.40. The topological polar surface area (TPSA) is 187 Å². The van der Waals surface area contributed by atoms with Crippen molar-refractivity contribution < 1.29 is 28.4 Å². The number of fused-ring (bicyclic) bond motifs is 2. The predicted octanol–water partition coefficient (Wildman–Crippen LogP) is -1.18. The van der Waals surface area contributed by atoms with E-state index in [1.807, 2.05) is 0 Å². The Bertz CT molecular complexity index is 1330. The van der Waals surface area contributed by atoms with Gasteiger partial charge in [0.25, 0.3) is 17.7 Å². The number of hydrogen-bond acceptors (Lipinski definition) is 7. The first-order chi connectivity index (χ1) is 17.1. The summed E-state index contributed by atoms with van der Waals surface area (Å²) in [6.07, 6.45) is 0.477. The van der Waals surface area contributed by atoms with E-state index in [4.69, 9.17) is 23.1 Å². The average Bonchev–Trinajstić information content (AvgIpc) is 3.55. The summed E-state index contributed by atoms with van der Waals surface area (Å²) >= 11 is 5.77. The Balaban J connectivity index is 1.37. The van der Waals surface area contributed by atoms with Crippen molar-refractivity contribution >= 4 is 41.1 Å². The fourth-order valence-corrected chi connectivity index (χ4v) is 5.34. The molecule has 0 bridgehead atoms. The van der Waals surface area contributed by atoms with E-state index >= 15 is 0 Å². The van der Waals surface area contributed by atoms with Crippen LogP contribution in [0.4, 0.5) is 4.39 Å². The molecule has 1 aromatic heterocycles. The molecule has 5 N–H and O–H groups in total. The lowest BCUT2D eigenvalue weighted by Crippen LogP contribution is -2.64. The van der Waals surface area contributed by atoms with Gasteiger partial charge in [0.1, 0.15) is 17.9 Å². The molecule has 15 heteroatoms.